The quantitative estimate of drug-likeness (QED) is 0.656. The molecule has 0 aliphatic heterocycles. The second-order valence-electron chi connectivity index (χ2n) is 2.17. The van der Waals surface area contributed by atoms with Gasteiger partial charge in [0.25, 0.3) is 0 Å². The molecule has 0 atom stereocenters. The summed E-state index contributed by atoms with van der Waals surface area (Å²) in [5, 5.41) is 3.81. The average Bonchev–Trinajstić information content (AvgIpc) is 1.87. The van der Waals surface area contributed by atoms with E-state index in [9.17, 15) is 0 Å². The summed E-state index contributed by atoms with van der Waals surface area (Å²) in [7, 11) is 0. The van der Waals surface area contributed by atoms with Crippen molar-refractivity contribution in [2.24, 2.45) is 4.65 Å². The minimum absolute atomic E-state index is 1.27. The van der Waals surface area contributed by atoms with Crippen LogP contribution in [0.5, 0.6) is 0 Å². The molecule has 51 valence electrons. The summed E-state index contributed by atoms with van der Waals surface area (Å²) in [4.78, 5) is 0. The number of rotatable bonds is 3. The first-order valence-corrected chi connectivity index (χ1v) is 8.39. The Morgan fingerprint density at radius 3 is 1.25 bits per heavy atom. The van der Waals surface area contributed by atoms with Crippen molar-refractivity contribution in [3.05, 3.63) is 0 Å². The van der Waals surface area contributed by atoms with E-state index in [2.05, 4.69) is 20.8 Å². The van der Waals surface area contributed by atoms with E-state index in [0.717, 1.165) is 0 Å². The van der Waals surface area contributed by atoms with Crippen molar-refractivity contribution in [3.8, 4) is 0 Å². The van der Waals surface area contributed by atoms with Gasteiger partial charge in [-0.25, -0.2) is 0 Å². The molecule has 0 aliphatic rings. The zero-order valence-electron chi connectivity index (χ0n) is 6.15. The van der Waals surface area contributed by atoms with E-state index in [0.29, 0.717) is 0 Å². The van der Waals surface area contributed by atoms with Crippen LogP contribution in [0.2, 0.25) is 15.6 Å². The first-order valence-electron chi connectivity index (χ1n) is 3.33. The summed E-state index contributed by atoms with van der Waals surface area (Å²) in [5.41, 5.74) is 0. The molecule has 0 aliphatic carbocycles. The average molecular weight is 178 g/mol. The SMILES string of the molecule is CC[As](N)(CC)CC. The van der Waals surface area contributed by atoms with Crippen LogP contribution in [0.15, 0.2) is 0 Å². The van der Waals surface area contributed by atoms with Crippen molar-refractivity contribution < 1.29 is 0 Å². The zero-order valence-corrected chi connectivity index (χ0v) is 8.02. The van der Waals surface area contributed by atoms with Crippen LogP contribution in [-0.2, 0) is 0 Å². The Bertz CT molecular complexity index is 51.3. The molecule has 0 amide bonds. The van der Waals surface area contributed by atoms with Gasteiger partial charge in [0.15, 0.2) is 0 Å². The minimum atomic E-state index is -1.48. The summed E-state index contributed by atoms with van der Waals surface area (Å²) < 4.78 is 6.07. The summed E-state index contributed by atoms with van der Waals surface area (Å²) >= 11 is -1.48. The molecule has 0 aromatic rings. The molecule has 0 saturated heterocycles. The van der Waals surface area contributed by atoms with Gasteiger partial charge in [-0.3, -0.25) is 0 Å². The third kappa shape index (κ3) is 2.19. The molecule has 2 N–H and O–H groups in total. The summed E-state index contributed by atoms with van der Waals surface area (Å²) in [5.74, 6) is 0. The van der Waals surface area contributed by atoms with Crippen LogP contribution in [0.25, 0.3) is 0 Å². The summed E-state index contributed by atoms with van der Waals surface area (Å²) in [6.45, 7) is 6.67. The van der Waals surface area contributed by atoms with Crippen molar-refractivity contribution in [3.63, 3.8) is 0 Å². The Morgan fingerprint density at radius 2 is 1.25 bits per heavy atom. The topological polar surface area (TPSA) is 26.0 Å². The third-order valence-electron chi connectivity index (χ3n) is 1.89. The molecule has 0 aromatic heterocycles. The Balaban J connectivity index is 3.58. The predicted molar refractivity (Wildman–Crippen MR) is 41.4 cm³/mol. The van der Waals surface area contributed by atoms with Crippen LogP contribution < -0.4 is 4.65 Å². The van der Waals surface area contributed by atoms with E-state index in [1.807, 2.05) is 0 Å². The van der Waals surface area contributed by atoms with Gasteiger partial charge in [0.2, 0.25) is 0 Å². The Morgan fingerprint density at radius 1 is 1.00 bits per heavy atom. The Hall–Kier alpha value is 0.518. The molecule has 0 aromatic carbocycles. The molecular weight excluding hydrogens is 161 g/mol. The van der Waals surface area contributed by atoms with Gasteiger partial charge in [0, 0.05) is 0 Å². The van der Waals surface area contributed by atoms with Crippen LogP contribution in [0, 0.1) is 0 Å². The summed E-state index contributed by atoms with van der Waals surface area (Å²) in [6.07, 6.45) is 0. The van der Waals surface area contributed by atoms with E-state index in [1.54, 1.807) is 0 Å². The fourth-order valence-corrected chi connectivity index (χ4v) is 3.49. The molecule has 0 unspecified atom stereocenters. The first kappa shape index (κ1) is 8.52. The van der Waals surface area contributed by atoms with Gasteiger partial charge in [-0.05, 0) is 0 Å². The summed E-state index contributed by atoms with van der Waals surface area (Å²) in [6, 6.07) is 0. The molecule has 0 heterocycles. The standard InChI is InChI=1S/C6H17AsN/c1-4-7(8,5-2)6-3/h4-6,8H2,1-3H3. The number of hydrogen-bond donors (Lipinski definition) is 1. The Kier molecular flexibility index (Phi) is 3.75. The number of nitrogens with two attached hydrogens (primary N) is 1. The van der Waals surface area contributed by atoms with Crippen LogP contribution in [0.4, 0.5) is 0 Å². The predicted octanol–water partition coefficient (Wildman–Crippen LogP) is 1.95. The monoisotopic (exact) mass is 178 g/mol. The second kappa shape index (κ2) is 3.53. The van der Waals surface area contributed by atoms with Crippen molar-refractivity contribution in [1.29, 1.82) is 0 Å². The van der Waals surface area contributed by atoms with Crippen molar-refractivity contribution in [1.82, 2.24) is 0 Å². The fraction of sp³-hybridized carbons (Fsp3) is 1.00. The van der Waals surface area contributed by atoms with E-state index < -0.39 is 13.8 Å². The van der Waals surface area contributed by atoms with Crippen LogP contribution >= 0.6 is 0 Å². The zero-order chi connectivity index (χ0) is 6.62. The maximum absolute atomic E-state index is 6.07. The number of hydrogen-bond acceptors (Lipinski definition) is 1. The first-order chi connectivity index (χ1) is 3.68. The van der Waals surface area contributed by atoms with Gasteiger partial charge in [-0.1, -0.05) is 0 Å². The van der Waals surface area contributed by atoms with E-state index >= 15 is 0 Å². The molecular formula is C6H17AsN. The van der Waals surface area contributed by atoms with Gasteiger partial charge in [-0.2, -0.15) is 0 Å². The van der Waals surface area contributed by atoms with Gasteiger partial charge in [-0.15, -0.1) is 0 Å². The van der Waals surface area contributed by atoms with Crippen LogP contribution in [0.3, 0.4) is 0 Å². The van der Waals surface area contributed by atoms with Gasteiger partial charge in [0.05, 0.1) is 0 Å². The van der Waals surface area contributed by atoms with E-state index in [1.165, 1.54) is 15.6 Å². The molecule has 2 heteroatoms. The van der Waals surface area contributed by atoms with Crippen LogP contribution in [-0.4, -0.2) is 13.8 Å². The molecule has 1 nitrogen and oxygen atoms in total. The Labute approximate surface area is 55.3 Å². The van der Waals surface area contributed by atoms with Gasteiger partial charge in [0.1, 0.15) is 0 Å². The molecule has 8 heavy (non-hydrogen) atoms. The molecule has 0 spiro atoms. The van der Waals surface area contributed by atoms with E-state index in [-0.39, 0.29) is 0 Å². The second-order valence-corrected chi connectivity index (χ2v) is 11.3. The van der Waals surface area contributed by atoms with Crippen molar-refractivity contribution in [2.45, 2.75) is 36.4 Å². The van der Waals surface area contributed by atoms with Crippen molar-refractivity contribution in [2.75, 3.05) is 0 Å². The van der Waals surface area contributed by atoms with Crippen LogP contribution in [0.1, 0.15) is 20.8 Å². The molecule has 0 saturated carbocycles. The molecule has 0 rings (SSSR count). The van der Waals surface area contributed by atoms with Gasteiger partial charge < -0.3 is 0 Å². The fourth-order valence-electron chi connectivity index (χ4n) is 0.671. The molecule has 1 radical (unpaired) electrons. The third-order valence-corrected chi connectivity index (χ3v) is 9.82. The maximum atomic E-state index is 6.07. The van der Waals surface area contributed by atoms with Gasteiger partial charge >= 0.3 is 54.8 Å². The molecule has 0 fully saturated rings. The molecule has 0 bridgehead atoms. The normalized spacial score (nSPS) is 12.0. The van der Waals surface area contributed by atoms with E-state index in [4.69, 9.17) is 4.65 Å². The van der Waals surface area contributed by atoms with Crippen molar-refractivity contribution >= 4 is 13.8 Å².